The zero-order valence-corrected chi connectivity index (χ0v) is 18.4. The van der Waals surface area contributed by atoms with Crippen LogP contribution in [0.1, 0.15) is 38.7 Å². The summed E-state index contributed by atoms with van der Waals surface area (Å²) in [7, 11) is 0. The molecule has 4 aromatic rings. The Morgan fingerprint density at radius 3 is 2.32 bits per heavy atom. The smallest absolute Gasteiger partial charge is 0.141 e. The zero-order valence-electron chi connectivity index (χ0n) is 18.4. The molecule has 1 heterocycles. The molecule has 4 heteroatoms. The molecule has 4 nitrogen and oxygen atoms in total. The van der Waals surface area contributed by atoms with E-state index in [0.29, 0.717) is 6.61 Å². The van der Waals surface area contributed by atoms with Gasteiger partial charge >= 0.3 is 0 Å². The Morgan fingerprint density at radius 1 is 0.806 bits per heavy atom. The van der Waals surface area contributed by atoms with Crippen molar-refractivity contribution in [1.29, 1.82) is 0 Å². The molecule has 0 N–H and O–H groups in total. The first kappa shape index (κ1) is 21.0. The van der Waals surface area contributed by atoms with Gasteiger partial charge in [-0.3, -0.25) is 0 Å². The minimum Gasteiger partial charge on any atom is -0.494 e. The summed E-state index contributed by atoms with van der Waals surface area (Å²) >= 11 is 0. The molecule has 0 spiro atoms. The first-order valence-electron chi connectivity index (χ1n) is 11.2. The van der Waals surface area contributed by atoms with Crippen LogP contribution in [0.3, 0.4) is 0 Å². The second-order valence-electron chi connectivity index (χ2n) is 7.74. The number of fused-ring (bicyclic) bond motifs is 1. The van der Waals surface area contributed by atoms with E-state index >= 15 is 0 Å². The number of aromatic nitrogens is 2. The van der Waals surface area contributed by atoms with Gasteiger partial charge < -0.3 is 14.0 Å². The van der Waals surface area contributed by atoms with Gasteiger partial charge in [0.2, 0.25) is 0 Å². The van der Waals surface area contributed by atoms with Gasteiger partial charge in [-0.15, -0.1) is 0 Å². The first-order valence-corrected chi connectivity index (χ1v) is 11.2. The van der Waals surface area contributed by atoms with Crippen LogP contribution in [0.4, 0.5) is 0 Å². The van der Waals surface area contributed by atoms with E-state index in [1.165, 1.54) is 0 Å². The lowest BCUT2D eigenvalue weighted by Crippen LogP contribution is -2.01. The molecule has 160 valence electrons. The number of aryl methyl sites for hydroxylation is 1. The quantitative estimate of drug-likeness (QED) is 0.284. The van der Waals surface area contributed by atoms with E-state index in [9.17, 15) is 0 Å². The SMILES string of the molecule is CCCCn1c(-c2ccc(OCc3ccccc3)cc2)nc2ccc(OCCC)cc21. The van der Waals surface area contributed by atoms with Crippen molar-refractivity contribution in [2.24, 2.45) is 0 Å². The Balaban J connectivity index is 1.59. The molecule has 0 saturated carbocycles. The standard InChI is InChI=1S/C27H30N2O2/c1-3-5-17-29-26-19-24(30-18-4-2)15-16-25(26)28-27(29)22-11-13-23(14-12-22)31-20-21-9-7-6-8-10-21/h6-16,19H,3-5,17-18,20H2,1-2H3. The highest BCUT2D eigenvalue weighted by atomic mass is 16.5. The number of ether oxygens (including phenoxy) is 2. The second kappa shape index (κ2) is 10.2. The van der Waals surface area contributed by atoms with Crippen LogP contribution >= 0.6 is 0 Å². The molecule has 0 fully saturated rings. The van der Waals surface area contributed by atoms with Crippen LogP contribution in [0.15, 0.2) is 72.8 Å². The number of unbranched alkanes of at least 4 members (excludes halogenated alkanes) is 1. The third-order valence-corrected chi connectivity index (χ3v) is 5.29. The maximum atomic E-state index is 5.95. The van der Waals surface area contributed by atoms with Gasteiger partial charge in [-0.2, -0.15) is 0 Å². The Labute approximate surface area is 184 Å². The molecular formula is C27H30N2O2. The van der Waals surface area contributed by atoms with E-state index in [-0.39, 0.29) is 0 Å². The number of imidazole rings is 1. The van der Waals surface area contributed by atoms with Gasteiger partial charge in [-0.25, -0.2) is 4.98 Å². The van der Waals surface area contributed by atoms with Crippen molar-refractivity contribution in [3.63, 3.8) is 0 Å². The summed E-state index contributed by atoms with van der Waals surface area (Å²) in [5, 5.41) is 0. The molecular weight excluding hydrogens is 384 g/mol. The van der Waals surface area contributed by atoms with Crippen molar-refractivity contribution < 1.29 is 9.47 Å². The van der Waals surface area contributed by atoms with Crippen LogP contribution in [-0.4, -0.2) is 16.2 Å². The van der Waals surface area contributed by atoms with Gasteiger partial charge in [0.1, 0.15) is 23.9 Å². The topological polar surface area (TPSA) is 36.3 Å². The van der Waals surface area contributed by atoms with Gasteiger partial charge in [-0.05, 0) is 54.8 Å². The van der Waals surface area contributed by atoms with Gasteiger partial charge in [0.25, 0.3) is 0 Å². The van der Waals surface area contributed by atoms with Crippen LogP contribution in [0.5, 0.6) is 11.5 Å². The molecule has 4 rings (SSSR count). The van der Waals surface area contributed by atoms with Crippen LogP contribution in [0, 0.1) is 0 Å². The van der Waals surface area contributed by atoms with E-state index in [2.05, 4.69) is 54.8 Å². The molecule has 0 unspecified atom stereocenters. The summed E-state index contributed by atoms with van der Waals surface area (Å²) in [4.78, 5) is 4.95. The van der Waals surface area contributed by atoms with Gasteiger partial charge in [-0.1, -0.05) is 50.6 Å². The highest BCUT2D eigenvalue weighted by Crippen LogP contribution is 2.29. The summed E-state index contributed by atoms with van der Waals surface area (Å²) in [5.74, 6) is 2.76. The third kappa shape index (κ3) is 5.08. The van der Waals surface area contributed by atoms with Crippen molar-refractivity contribution in [3.05, 3.63) is 78.4 Å². The number of nitrogens with zero attached hydrogens (tertiary/aromatic N) is 2. The summed E-state index contributed by atoms with van der Waals surface area (Å²) in [6.45, 7) is 6.57. The van der Waals surface area contributed by atoms with Crippen molar-refractivity contribution in [2.75, 3.05) is 6.61 Å². The van der Waals surface area contributed by atoms with Crippen LogP contribution in [-0.2, 0) is 13.2 Å². The van der Waals surface area contributed by atoms with Gasteiger partial charge in [0.05, 0.1) is 17.6 Å². The fourth-order valence-electron chi connectivity index (χ4n) is 3.62. The largest absolute Gasteiger partial charge is 0.494 e. The average Bonchev–Trinajstić information content (AvgIpc) is 3.18. The predicted octanol–water partition coefficient (Wildman–Crippen LogP) is 6.87. The van der Waals surface area contributed by atoms with Crippen LogP contribution < -0.4 is 9.47 Å². The van der Waals surface area contributed by atoms with Gasteiger partial charge in [0, 0.05) is 18.2 Å². The number of rotatable bonds is 10. The van der Waals surface area contributed by atoms with E-state index in [0.717, 1.165) is 71.9 Å². The minimum atomic E-state index is 0.565. The average molecular weight is 415 g/mol. The lowest BCUT2D eigenvalue weighted by atomic mass is 10.2. The van der Waals surface area contributed by atoms with E-state index < -0.39 is 0 Å². The van der Waals surface area contributed by atoms with Crippen molar-refractivity contribution in [3.8, 4) is 22.9 Å². The molecule has 3 aromatic carbocycles. The molecule has 31 heavy (non-hydrogen) atoms. The summed E-state index contributed by atoms with van der Waals surface area (Å²) < 4.78 is 14.1. The Bertz CT molecular complexity index is 1100. The highest BCUT2D eigenvalue weighted by Gasteiger charge is 2.13. The second-order valence-corrected chi connectivity index (χ2v) is 7.74. The zero-order chi connectivity index (χ0) is 21.5. The van der Waals surface area contributed by atoms with E-state index in [1.807, 2.05) is 36.4 Å². The Kier molecular flexibility index (Phi) is 6.88. The molecule has 0 aliphatic carbocycles. The monoisotopic (exact) mass is 414 g/mol. The van der Waals surface area contributed by atoms with Gasteiger partial charge in [0.15, 0.2) is 0 Å². The molecule has 0 aliphatic rings. The molecule has 0 aliphatic heterocycles. The fraction of sp³-hybridized carbons (Fsp3) is 0.296. The lowest BCUT2D eigenvalue weighted by Gasteiger charge is -2.11. The summed E-state index contributed by atoms with van der Waals surface area (Å²) in [6, 6.07) is 24.7. The van der Waals surface area contributed by atoms with E-state index in [4.69, 9.17) is 14.5 Å². The summed E-state index contributed by atoms with van der Waals surface area (Å²) in [6.07, 6.45) is 3.24. The third-order valence-electron chi connectivity index (χ3n) is 5.29. The van der Waals surface area contributed by atoms with Crippen LogP contribution in [0.2, 0.25) is 0 Å². The molecule has 0 radical (unpaired) electrons. The fourth-order valence-corrected chi connectivity index (χ4v) is 3.62. The summed E-state index contributed by atoms with van der Waals surface area (Å²) in [5.41, 5.74) is 4.38. The number of benzene rings is 3. The lowest BCUT2D eigenvalue weighted by molar-refractivity contribution is 0.306. The number of hydrogen-bond donors (Lipinski definition) is 0. The Morgan fingerprint density at radius 2 is 1.58 bits per heavy atom. The normalized spacial score (nSPS) is 11.0. The maximum absolute atomic E-state index is 5.95. The van der Waals surface area contributed by atoms with Crippen molar-refractivity contribution in [2.45, 2.75) is 46.3 Å². The molecule has 0 amide bonds. The Hall–Kier alpha value is -3.27. The predicted molar refractivity (Wildman–Crippen MR) is 127 cm³/mol. The molecule has 0 saturated heterocycles. The first-order chi connectivity index (χ1) is 15.3. The molecule has 1 aromatic heterocycles. The molecule has 0 atom stereocenters. The highest BCUT2D eigenvalue weighted by molar-refractivity contribution is 5.82. The van der Waals surface area contributed by atoms with Crippen molar-refractivity contribution >= 4 is 11.0 Å². The maximum Gasteiger partial charge on any atom is 0.141 e. The molecule has 0 bridgehead atoms. The van der Waals surface area contributed by atoms with E-state index in [1.54, 1.807) is 0 Å². The number of hydrogen-bond acceptors (Lipinski definition) is 3. The minimum absolute atomic E-state index is 0.565. The van der Waals surface area contributed by atoms with Crippen LogP contribution in [0.25, 0.3) is 22.4 Å². The van der Waals surface area contributed by atoms with Crippen molar-refractivity contribution in [1.82, 2.24) is 9.55 Å².